The minimum absolute atomic E-state index is 0.212. The maximum Gasteiger partial charge on any atom is 0.255 e. The van der Waals surface area contributed by atoms with Gasteiger partial charge in [-0.05, 0) is 122 Å². The van der Waals surface area contributed by atoms with Crippen LogP contribution in [0.25, 0.3) is 10.9 Å². The summed E-state index contributed by atoms with van der Waals surface area (Å²) in [5, 5.41) is 17.7. The third-order valence-electron chi connectivity index (χ3n) is 12.3. The van der Waals surface area contributed by atoms with Gasteiger partial charge in [-0.3, -0.25) is 39.2 Å². The zero-order valence-electron chi connectivity index (χ0n) is 37.4. The predicted molar refractivity (Wildman–Crippen MR) is 256 cm³/mol. The van der Waals surface area contributed by atoms with Gasteiger partial charge in [0.05, 0.1) is 24.0 Å². The summed E-state index contributed by atoms with van der Waals surface area (Å²) >= 11 is 0. The third kappa shape index (κ3) is 10.7. The van der Waals surface area contributed by atoms with Gasteiger partial charge in [0.25, 0.3) is 5.91 Å². The van der Waals surface area contributed by atoms with Crippen LogP contribution >= 0.6 is 0 Å². The second-order valence-electron chi connectivity index (χ2n) is 16.9. The number of anilines is 6. The van der Waals surface area contributed by atoms with Crippen molar-refractivity contribution >= 4 is 74.7 Å². The molecule has 1 saturated carbocycles. The van der Waals surface area contributed by atoms with E-state index >= 15 is 4.39 Å². The van der Waals surface area contributed by atoms with E-state index in [1.807, 2.05) is 17.0 Å². The Morgan fingerprint density at radius 3 is 2.13 bits per heavy atom. The smallest absolute Gasteiger partial charge is 0.255 e. The molecule has 2 aliphatic heterocycles. The van der Waals surface area contributed by atoms with Crippen LogP contribution in [-0.4, -0.2) is 96.8 Å². The molecule has 354 valence electrons. The Hall–Kier alpha value is -8.19. The highest BCUT2D eigenvalue weighted by Crippen LogP contribution is 2.47. The van der Waals surface area contributed by atoms with E-state index in [0.29, 0.717) is 95.4 Å². The van der Waals surface area contributed by atoms with E-state index in [1.54, 1.807) is 72.9 Å². The lowest BCUT2D eigenvalue weighted by atomic mass is 10.0. The van der Waals surface area contributed by atoms with Crippen molar-refractivity contribution in [3.63, 3.8) is 0 Å². The minimum Gasteiger partial charge on any atom is -0.495 e. The summed E-state index contributed by atoms with van der Waals surface area (Å²) in [6.07, 6.45) is 2.92. The molecule has 4 aromatic carbocycles. The van der Waals surface area contributed by atoms with Crippen molar-refractivity contribution in [2.45, 2.75) is 31.7 Å². The van der Waals surface area contributed by atoms with E-state index in [2.05, 4.69) is 46.8 Å². The molecule has 1 aliphatic carbocycles. The average Bonchev–Trinajstić information content (AvgIpc) is 4.17. The van der Waals surface area contributed by atoms with Crippen LogP contribution in [0.2, 0.25) is 0 Å². The quantitative estimate of drug-likeness (QED) is 0.0337. The Bertz CT molecular complexity index is 2910. The van der Waals surface area contributed by atoms with Crippen LogP contribution < -0.4 is 46.3 Å². The van der Waals surface area contributed by atoms with Gasteiger partial charge in [-0.25, -0.2) is 9.37 Å². The molecule has 6 aromatic rings. The number of rotatable bonds is 16. The lowest BCUT2D eigenvalue weighted by Gasteiger charge is -2.36. The number of halogens is 2. The van der Waals surface area contributed by atoms with Crippen molar-refractivity contribution in [2.75, 3.05) is 77.9 Å². The maximum absolute atomic E-state index is 15.1. The number of nitrogens with one attached hydrogen (secondary N) is 6. The number of hydrogen-bond acceptors (Lipinski definition) is 13. The molecule has 17 nitrogen and oxygen atoms in total. The van der Waals surface area contributed by atoms with E-state index in [4.69, 9.17) is 9.47 Å². The Labute approximate surface area is 395 Å². The number of amides is 5. The van der Waals surface area contributed by atoms with Gasteiger partial charge in [0.1, 0.15) is 40.3 Å². The lowest BCUT2D eigenvalue weighted by Crippen LogP contribution is -2.48. The molecule has 4 heterocycles. The number of nitrogens with zero attached hydrogens (tertiary/aromatic N) is 4. The van der Waals surface area contributed by atoms with Crippen LogP contribution in [-0.2, 0) is 19.2 Å². The molecule has 2 aromatic heterocycles. The largest absolute Gasteiger partial charge is 0.495 e. The van der Waals surface area contributed by atoms with Crippen LogP contribution in [0.3, 0.4) is 0 Å². The molecule has 3 fully saturated rings. The molecular formula is C50H48F2N10O7. The fourth-order valence-electron chi connectivity index (χ4n) is 8.21. The molecule has 69 heavy (non-hydrogen) atoms. The zero-order valence-corrected chi connectivity index (χ0v) is 37.4. The molecular weight excluding hydrogens is 891 g/mol. The fraction of sp³-hybridized carbons (Fsp3) is 0.260. The minimum atomic E-state index is -1.20. The van der Waals surface area contributed by atoms with Gasteiger partial charge in [0.15, 0.2) is 0 Å². The summed E-state index contributed by atoms with van der Waals surface area (Å²) in [5.74, 6) is -1.45. The first-order valence-electron chi connectivity index (χ1n) is 22.5. The number of pyridine rings is 2. The van der Waals surface area contributed by atoms with Crippen molar-refractivity contribution in [2.24, 2.45) is 5.41 Å². The first-order chi connectivity index (χ1) is 33.4. The summed E-state index contributed by atoms with van der Waals surface area (Å²) < 4.78 is 40.3. The summed E-state index contributed by atoms with van der Waals surface area (Å²) in [6.45, 7) is 4.09. The number of fused-ring (bicyclic) bond motifs is 1. The van der Waals surface area contributed by atoms with E-state index in [9.17, 15) is 28.4 Å². The van der Waals surface area contributed by atoms with Crippen LogP contribution in [0.4, 0.5) is 43.0 Å². The Balaban J connectivity index is 0.738. The van der Waals surface area contributed by atoms with Crippen molar-refractivity contribution < 1.29 is 42.2 Å². The summed E-state index contributed by atoms with van der Waals surface area (Å²) in [7, 11) is 1.50. The first kappa shape index (κ1) is 45.9. The van der Waals surface area contributed by atoms with Gasteiger partial charge in [-0.2, -0.15) is 4.39 Å². The van der Waals surface area contributed by atoms with E-state index in [-0.39, 0.29) is 24.1 Å². The van der Waals surface area contributed by atoms with Crippen molar-refractivity contribution in [3.05, 3.63) is 127 Å². The number of benzene rings is 4. The molecule has 0 bridgehead atoms. The van der Waals surface area contributed by atoms with Gasteiger partial charge in [-0.1, -0.05) is 0 Å². The second-order valence-corrected chi connectivity index (χ2v) is 16.9. The summed E-state index contributed by atoms with van der Waals surface area (Å²) in [6, 6.07) is 27.0. The molecule has 1 atom stereocenters. The van der Waals surface area contributed by atoms with Gasteiger partial charge in [0.2, 0.25) is 29.6 Å². The number of ether oxygens (including phenoxy) is 2. The molecule has 5 amide bonds. The molecule has 6 N–H and O–H groups in total. The van der Waals surface area contributed by atoms with E-state index in [1.165, 1.54) is 31.4 Å². The van der Waals surface area contributed by atoms with Gasteiger partial charge < -0.3 is 41.0 Å². The summed E-state index contributed by atoms with van der Waals surface area (Å²) in [4.78, 5) is 75.9. The second kappa shape index (κ2) is 20.0. The number of hydrogen-bond donors (Lipinski definition) is 6. The number of methoxy groups -OCH3 is 1. The average molecular weight is 939 g/mol. The highest BCUT2D eigenvalue weighted by atomic mass is 19.1. The van der Waals surface area contributed by atoms with Crippen LogP contribution in [0.1, 0.15) is 36.0 Å². The van der Waals surface area contributed by atoms with Gasteiger partial charge in [0, 0.05) is 79.9 Å². The normalized spacial score (nSPS) is 16.5. The maximum atomic E-state index is 15.1. The molecule has 1 unspecified atom stereocenters. The molecule has 2 saturated heterocycles. The SMILES string of the molecule is COc1cc2c(Oc3ccc(NC(=O)C4(C(=O)Nc5ccc(F)cc5)CC4)cc3)ccnc2cc1NC(=O)c1ccc(NCCN2CCN(c3ccc(NC4CCC(=O)NC4=O)nc3F)CC2)cc1. The van der Waals surface area contributed by atoms with Gasteiger partial charge in [-0.15, -0.1) is 0 Å². The number of carbonyl (C=O) groups is 5. The number of piperidine rings is 1. The van der Waals surface area contributed by atoms with Crippen molar-refractivity contribution in [1.82, 2.24) is 20.2 Å². The highest BCUT2D eigenvalue weighted by Gasteiger charge is 2.56. The Morgan fingerprint density at radius 2 is 1.48 bits per heavy atom. The number of aromatic nitrogens is 2. The molecule has 0 spiro atoms. The molecule has 0 radical (unpaired) electrons. The summed E-state index contributed by atoms with van der Waals surface area (Å²) in [5.41, 5.74) is 2.32. The number of imide groups is 1. The van der Waals surface area contributed by atoms with Crippen molar-refractivity contribution in [3.8, 4) is 17.2 Å². The zero-order chi connectivity index (χ0) is 48.1. The molecule has 9 rings (SSSR count). The lowest BCUT2D eigenvalue weighted by molar-refractivity contribution is -0.134. The first-order valence-corrected chi connectivity index (χ1v) is 22.5. The number of piperazine rings is 1. The van der Waals surface area contributed by atoms with E-state index in [0.717, 1.165) is 25.3 Å². The third-order valence-corrected chi connectivity index (χ3v) is 12.3. The molecule has 3 aliphatic rings. The molecule has 19 heteroatoms. The fourth-order valence-corrected chi connectivity index (χ4v) is 8.21. The van der Waals surface area contributed by atoms with Crippen LogP contribution in [0, 0.1) is 17.2 Å². The standard InChI is InChI=1S/C50H48F2N10O7/c1-68-42-28-36-38(54-21-18-41(36)69-35-12-10-34(11-13-35)56-49(67)50(19-20-50)48(66)55-33-8-4-31(51)5-9-33)29-39(42)58-46(64)30-2-6-32(7-3-30)53-22-23-61-24-26-62(27-25-61)40-15-16-43(59-45(40)52)57-37-14-17-44(63)60-47(37)65/h2-13,15-16,18,21,28-29,37,53H,14,17,19-20,22-27H2,1H3,(H,55,66)(H,56,67)(H,57,59)(H,58,64)(H,60,63,65). The van der Waals surface area contributed by atoms with E-state index < -0.39 is 40.9 Å². The predicted octanol–water partition coefficient (Wildman–Crippen LogP) is 6.77. The highest BCUT2D eigenvalue weighted by molar-refractivity contribution is 6.17. The monoisotopic (exact) mass is 938 g/mol. The van der Waals surface area contributed by atoms with Gasteiger partial charge >= 0.3 is 0 Å². The van der Waals surface area contributed by atoms with Crippen molar-refractivity contribution in [1.29, 1.82) is 0 Å². The number of carbonyl (C=O) groups excluding carboxylic acids is 5. The Kier molecular flexibility index (Phi) is 13.3. The topological polar surface area (TPSA) is 208 Å². The van der Waals surface area contributed by atoms with Crippen LogP contribution in [0.15, 0.2) is 109 Å². The van der Waals surface area contributed by atoms with Crippen LogP contribution in [0.5, 0.6) is 17.2 Å². The Morgan fingerprint density at radius 1 is 0.797 bits per heavy atom.